The highest BCUT2D eigenvalue weighted by Gasteiger charge is 2.20. The van der Waals surface area contributed by atoms with Crippen LogP contribution in [-0.4, -0.2) is 46.5 Å². The number of phenolic OH excluding ortho intramolecular Hbond substituents is 2. The number of hydrogen-bond donors (Lipinski definition) is 2. The fraction of sp³-hybridized carbons (Fsp3) is 0.276. The lowest BCUT2D eigenvalue weighted by Crippen LogP contribution is -2.33. The van der Waals surface area contributed by atoms with Crippen LogP contribution in [0.25, 0.3) is 22.6 Å². The summed E-state index contributed by atoms with van der Waals surface area (Å²) in [4.78, 5) is 2.47. The summed E-state index contributed by atoms with van der Waals surface area (Å²) in [7, 11) is 0. The lowest BCUT2D eigenvalue weighted by atomic mass is 9.96. The van der Waals surface area contributed by atoms with E-state index in [1.807, 2.05) is 24.3 Å². The van der Waals surface area contributed by atoms with Crippen LogP contribution >= 0.6 is 0 Å². The Hall–Kier alpha value is -3.77. The molecule has 0 aliphatic carbocycles. The summed E-state index contributed by atoms with van der Waals surface area (Å²) in [6.45, 7) is 3.99. The maximum absolute atomic E-state index is 9.99. The van der Waals surface area contributed by atoms with Crippen molar-refractivity contribution in [2.24, 2.45) is 0 Å². The molecule has 1 aliphatic heterocycles. The number of phenols is 2. The number of piperidine rings is 1. The molecule has 2 N–H and O–H groups in total. The second kappa shape index (κ2) is 10.7. The predicted octanol–water partition coefficient (Wildman–Crippen LogP) is 5.88. The van der Waals surface area contributed by atoms with Crippen LogP contribution < -0.4 is 4.74 Å². The van der Waals surface area contributed by atoms with E-state index < -0.39 is 0 Å². The number of benzene rings is 3. The monoisotopic (exact) mass is 470 g/mol. The third-order valence-corrected chi connectivity index (χ3v) is 6.45. The molecule has 4 aromatic rings. The van der Waals surface area contributed by atoms with Crippen molar-refractivity contribution in [2.45, 2.75) is 25.7 Å². The van der Waals surface area contributed by atoms with Gasteiger partial charge in [-0.25, -0.2) is 0 Å². The van der Waals surface area contributed by atoms with Crippen LogP contribution in [0.3, 0.4) is 0 Å². The van der Waals surface area contributed by atoms with E-state index in [9.17, 15) is 10.2 Å². The quantitative estimate of drug-likeness (QED) is 0.335. The van der Waals surface area contributed by atoms with Crippen LogP contribution in [-0.2, 0) is 6.42 Å². The summed E-state index contributed by atoms with van der Waals surface area (Å²) < 4.78 is 11.7. The van der Waals surface area contributed by atoms with Gasteiger partial charge in [0.1, 0.15) is 29.5 Å². The summed E-state index contributed by atoms with van der Waals surface area (Å²) >= 11 is 0. The Morgan fingerprint density at radius 2 is 1.51 bits per heavy atom. The van der Waals surface area contributed by atoms with Gasteiger partial charge in [0, 0.05) is 29.7 Å². The minimum atomic E-state index is 0.162. The molecule has 1 aromatic heterocycles. The molecule has 1 saturated heterocycles. The van der Waals surface area contributed by atoms with Gasteiger partial charge in [0.15, 0.2) is 5.76 Å². The van der Waals surface area contributed by atoms with Gasteiger partial charge in [0.25, 0.3) is 0 Å². The van der Waals surface area contributed by atoms with Gasteiger partial charge in [-0.2, -0.15) is 0 Å². The summed E-state index contributed by atoms with van der Waals surface area (Å²) in [6.07, 6.45) is 4.48. The lowest BCUT2D eigenvalue weighted by molar-refractivity contribution is 0.183. The molecule has 1 fully saturated rings. The minimum absolute atomic E-state index is 0.162. The van der Waals surface area contributed by atoms with E-state index in [1.54, 1.807) is 36.4 Å². The molecule has 0 spiro atoms. The van der Waals surface area contributed by atoms with Gasteiger partial charge in [0.2, 0.25) is 0 Å². The van der Waals surface area contributed by atoms with E-state index in [-0.39, 0.29) is 11.5 Å². The molecule has 1 aliphatic rings. The van der Waals surface area contributed by atoms with Crippen molar-refractivity contribution >= 4 is 0 Å². The van der Waals surface area contributed by atoms with Crippen LogP contribution in [0.15, 0.2) is 77.3 Å². The second-order valence-corrected chi connectivity index (χ2v) is 9.01. The average molecular weight is 471 g/mol. The zero-order valence-electron chi connectivity index (χ0n) is 19.7. The highest BCUT2D eigenvalue weighted by Crippen LogP contribution is 2.36. The molecule has 5 rings (SSSR count). The normalized spacial score (nSPS) is 14.2. The second-order valence-electron chi connectivity index (χ2n) is 9.01. The Balaban J connectivity index is 1.36. The van der Waals surface area contributed by atoms with Gasteiger partial charge in [0.05, 0.1) is 0 Å². The van der Waals surface area contributed by atoms with Gasteiger partial charge in [-0.05, 0) is 67.9 Å². The molecule has 0 saturated carbocycles. The number of likely N-dealkylation sites (tertiary alicyclic amines) is 1. The zero-order valence-corrected chi connectivity index (χ0v) is 19.7. The third kappa shape index (κ3) is 5.66. The van der Waals surface area contributed by atoms with Crippen molar-refractivity contribution in [3.8, 4) is 39.8 Å². The van der Waals surface area contributed by atoms with Gasteiger partial charge in [-0.3, -0.25) is 4.90 Å². The Kier molecular flexibility index (Phi) is 7.00. The van der Waals surface area contributed by atoms with Crippen LogP contribution in [0, 0.1) is 0 Å². The summed E-state index contributed by atoms with van der Waals surface area (Å²) in [5.41, 5.74) is 4.16. The molecule has 6 nitrogen and oxygen atoms in total. The van der Waals surface area contributed by atoms with Gasteiger partial charge in [-0.15, -0.1) is 0 Å². The average Bonchev–Trinajstić information content (AvgIpc) is 3.29. The van der Waals surface area contributed by atoms with E-state index >= 15 is 0 Å². The van der Waals surface area contributed by atoms with Crippen molar-refractivity contribution in [3.05, 3.63) is 83.9 Å². The maximum Gasteiger partial charge on any atom is 0.171 e. The molecule has 0 radical (unpaired) electrons. The standard InChI is InChI=1S/C29H30N2O4/c32-24-8-4-6-22(19-24)28-27(29(35-30-28)23-7-5-9-25(33)20-23)18-21-10-12-26(13-11-21)34-17-16-31-14-2-1-3-15-31/h4-13,19-20,32-33H,1-3,14-18H2. The molecule has 0 unspecified atom stereocenters. The summed E-state index contributed by atoms with van der Waals surface area (Å²) in [5, 5.41) is 24.3. The van der Waals surface area contributed by atoms with E-state index in [2.05, 4.69) is 22.2 Å². The summed E-state index contributed by atoms with van der Waals surface area (Å²) in [5.74, 6) is 1.79. The molecule has 3 aromatic carbocycles. The van der Waals surface area contributed by atoms with E-state index in [4.69, 9.17) is 9.26 Å². The number of rotatable bonds is 8. The van der Waals surface area contributed by atoms with Crippen molar-refractivity contribution < 1.29 is 19.5 Å². The number of aromatic nitrogens is 1. The minimum Gasteiger partial charge on any atom is -0.508 e. The van der Waals surface area contributed by atoms with Crippen molar-refractivity contribution in [3.63, 3.8) is 0 Å². The first-order chi connectivity index (χ1) is 17.2. The van der Waals surface area contributed by atoms with Crippen LogP contribution in [0.1, 0.15) is 30.4 Å². The van der Waals surface area contributed by atoms with Crippen LogP contribution in [0.4, 0.5) is 0 Å². The van der Waals surface area contributed by atoms with E-state index in [0.717, 1.165) is 34.5 Å². The molecule has 2 heterocycles. The fourth-order valence-corrected chi connectivity index (χ4v) is 4.61. The molecule has 0 atom stereocenters. The molecule has 0 bridgehead atoms. The number of aromatic hydroxyl groups is 2. The van der Waals surface area contributed by atoms with Gasteiger partial charge < -0.3 is 19.5 Å². The number of ether oxygens (including phenoxy) is 1. The molecule has 6 heteroatoms. The summed E-state index contributed by atoms with van der Waals surface area (Å²) in [6, 6.07) is 22.0. The number of hydrogen-bond acceptors (Lipinski definition) is 6. The topological polar surface area (TPSA) is 79.0 Å². The van der Waals surface area contributed by atoms with Gasteiger partial charge >= 0.3 is 0 Å². The Labute approximate surface area is 205 Å². The molecule has 0 amide bonds. The first kappa shape index (κ1) is 23.0. The van der Waals surface area contributed by atoms with E-state index in [0.29, 0.717) is 24.5 Å². The highest BCUT2D eigenvalue weighted by molar-refractivity contribution is 5.74. The molecule has 180 valence electrons. The Bertz CT molecular complexity index is 1200. The van der Waals surface area contributed by atoms with Crippen molar-refractivity contribution in [1.82, 2.24) is 10.1 Å². The highest BCUT2D eigenvalue weighted by atomic mass is 16.5. The molecular formula is C29H30N2O4. The van der Waals surface area contributed by atoms with E-state index in [1.165, 1.54) is 32.4 Å². The fourth-order valence-electron chi connectivity index (χ4n) is 4.61. The molecule has 35 heavy (non-hydrogen) atoms. The largest absolute Gasteiger partial charge is 0.508 e. The first-order valence-corrected chi connectivity index (χ1v) is 12.2. The zero-order chi connectivity index (χ0) is 24.0. The lowest BCUT2D eigenvalue weighted by Gasteiger charge is -2.26. The SMILES string of the molecule is Oc1cccc(-c2noc(-c3cccc(O)c3)c2Cc2ccc(OCCN3CCCCC3)cc2)c1. The van der Waals surface area contributed by atoms with Crippen LogP contribution in [0.5, 0.6) is 17.2 Å². The Morgan fingerprint density at radius 1 is 0.829 bits per heavy atom. The Morgan fingerprint density at radius 3 is 2.23 bits per heavy atom. The first-order valence-electron chi connectivity index (χ1n) is 12.2. The smallest absolute Gasteiger partial charge is 0.171 e. The predicted molar refractivity (Wildman–Crippen MR) is 136 cm³/mol. The van der Waals surface area contributed by atoms with Crippen LogP contribution in [0.2, 0.25) is 0 Å². The third-order valence-electron chi connectivity index (χ3n) is 6.45. The molecular weight excluding hydrogens is 440 g/mol. The number of nitrogens with zero attached hydrogens (tertiary/aromatic N) is 2. The maximum atomic E-state index is 9.99. The van der Waals surface area contributed by atoms with Gasteiger partial charge in [-0.1, -0.05) is 48.0 Å². The van der Waals surface area contributed by atoms with Crippen molar-refractivity contribution in [2.75, 3.05) is 26.2 Å². The van der Waals surface area contributed by atoms with Crippen molar-refractivity contribution in [1.29, 1.82) is 0 Å².